The van der Waals surface area contributed by atoms with Crippen molar-refractivity contribution >= 4 is 0 Å². The summed E-state index contributed by atoms with van der Waals surface area (Å²) >= 11 is 0. The van der Waals surface area contributed by atoms with Gasteiger partial charge in [0.05, 0.1) is 0 Å². The second kappa shape index (κ2) is 5.03. The van der Waals surface area contributed by atoms with E-state index in [2.05, 4.69) is 65.8 Å². The highest BCUT2D eigenvalue weighted by atomic mass is 14.3. The molecule has 0 saturated carbocycles. The standard InChI is InChI=1S/C16H26/c1-12(2)16(5,6)11-14(4)15-9-7-8-13(3)10-15/h7-10,12,14H,11H2,1-6H3. The van der Waals surface area contributed by atoms with Crippen molar-refractivity contribution in [2.45, 2.75) is 53.9 Å². The van der Waals surface area contributed by atoms with E-state index in [1.54, 1.807) is 0 Å². The molecule has 0 aliphatic heterocycles. The van der Waals surface area contributed by atoms with Gasteiger partial charge in [-0.3, -0.25) is 0 Å². The fourth-order valence-corrected chi connectivity index (χ4v) is 2.12. The highest BCUT2D eigenvalue weighted by Gasteiger charge is 2.25. The molecule has 1 rings (SSSR count). The van der Waals surface area contributed by atoms with E-state index in [-0.39, 0.29) is 0 Å². The van der Waals surface area contributed by atoms with Crippen LogP contribution in [-0.2, 0) is 0 Å². The molecular weight excluding hydrogens is 192 g/mol. The third-order valence-electron chi connectivity index (χ3n) is 4.01. The number of rotatable bonds is 4. The molecule has 0 aliphatic carbocycles. The van der Waals surface area contributed by atoms with Gasteiger partial charge in [-0.05, 0) is 36.2 Å². The molecule has 16 heavy (non-hydrogen) atoms. The lowest BCUT2D eigenvalue weighted by Gasteiger charge is -2.32. The third kappa shape index (κ3) is 3.37. The molecule has 0 aromatic heterocycles. The summed E-state index contributed by atoms with van der Waals surface area (Å²) < 4.78 is 0. The summed E-state index contributed by atoms with van der Waals surface area (Å²) in [5, 5.41) is 0. The lowest BCUT2D eigenvalue weighted by molar-refractivity contribution is 0.215. The second-order valence-corrected chi connectivity index (χ2v) is 6.16. The van der Waals surface area contributed by atoms with Crippen LogP contribution in [0.5, 0.6) is 0 Å². The highest BCUT2D eigenvalue weighted by molar-refractivity contribution is 5.25. The van der Waals surface area contributed by atoms with Crippen LogP contribution in [0.4, 0.5) is 0 Å². The van der Waals surface area contributed by atoms with E-state index in [4.69, 9.17) is 0 Å². The molecule has 0 heteroatoms. The van der Waals surface area contributed by atoms with Crippen LogP contribution in [0.2, 0.25) is 0 Å². The van der Waals surface area contributed by atoms with Gasteiger partial charge in [0.15, 0.2) is 0 Å². The predicted octanol–water partition coefficient (Wildman–Crippen LogP) is 5.17. The molecule has 0 radical (unpaired) electrons. The minimum Gasteiger partial charge on any atom is -0.0623 e. The summed E-state index contributed by atoms with van der Waals surface area (Å²) in [6.07, 6.45) is 1.26. The first-order valence-corrected chi connectivity index (χ1v) is 6.39. The molecule has 0 bridgehead atoms. The van der Waals surface area contributed by atoms with Gasteiger partial charge in [0.25, 0.3) is 0 Å². The van der Waals surface area contributed by atoms with Gasteiger partial charge in [-0.15, -0.1) is 0 Å². The summed E-state index contributed by atoms with van der Waals surface area (Å²) in [6, 6.07) is 8.92. The van der Waals surface area contributed by atoms with E-state index in [9.17, 15) is 0 Å². The smallest absolute Gasteiger partial charge is 0.0185 e. The molecular formula is C16H26. The first kappa shape index (κ1) is 13.3. The Labute approximate surface area is 101 Å². The largest absolute Gasteiger partial charge is 0.0623 e. The summed E-state index contributed by atoms with van der Waals surface area (Å²) in [5.41, 5.74) is 3.27. The topological polar surface area (TPSA) is 0 Å². The van der Waals surface area contributed by atoms with Gasteiger partial charge in [0.1, 0.15) is 0 Å². The molecule has 0 fully saturated rings. The Morgan fingerprint density at radius 3 is 2.25 bits per heavy atom. The first-order chi connectivity index (χ1) is 7.33. The molecule has 1 aromatic rings. The Kier molecular flexibility index (Phi) is 4.18. The molecule has 0 spiro atoms. The Hall–Kier alpha value is -0.780. The van der Waals surface area contributed by atoms with E-state index >= 15 is 0 Å². The average Bonchev–Trinajstić information content (AvgIpc) is 2.16. The van der Waals surface area contributed by atoms with Gasteiger partial charge in [-0.1, -0.05) is 64.4 Å². The quantitative estimate of drug-likeness (QED) is 0.654. The molecule has 0 N–H and O–H groups in total. The van der Waals surface area contributed by atoms with Crippen LogP contribution in [0.25, 0.3) is 0 Å². The summed E-state index contributed by atoms with van der Waals surface area (Å²) in [5.74, 6) is 1.39. The Balaban J connectivity index is 2.76. The maximum Gasteiger partial charge on any atom is -0.0185 e. The molecule has 1 atom stereocenters. The Morgan fingerprint density at radius 1 is 1.12 bits per heavy atom. The maximum atomic E-state index is 2.38. The van der Waals surface area contributed by atoms with Crippen molar-refractivity contribution in [1.82, 2.24) is 0 Å². The number of hydrogen-bond acceptors (Lipinski definition) is 0. The molecule has 0 nitrogen and oxygen atoms in total. The summed E-state index contributed by atoms with van der Waals surface area (Å²) in [6.45, 7) is 13.9. The molecule has 1 unspecified atom stereocenters. The minimum absolute atomic E-state index is 0.420. The van der Waals surface area contributed by atoms with Crippen molar-refractivity contribution in [3.8, 4) is 0 Å². The van der Waals surface area contributed by atoms with Gasteiger partial charge in [-0.25, -0.2) is 0 Å². The van der Waals surface area contributed by atoms with E-state index in [1.807, 2.05) is 0 Å². The predicted molar refractivity (Wildman–Crippen MR) is 72.8 cm³/mol. The van der Waals surface area contributed by atoms with E-state index in [0.29, 0.717) is 11.3 Å². The second-order valence-electron chi connectivity index (χ2n) is 6.16. The zero-order chi connectivity index (χ0) is 12.3. The fraction of sp³-hybridized carbons (Fsp3) is 0.625. The van der Waals surface area contributed by atoms with Crippen LogP contribution in [0.3, 0.4) is 0 Å². The molecule has 0 saturated heterocycles. The minimum atomic E-state index is 0.420. The van der Waals surface area contributed by atoms with Gasteiger partial charge >= 0.3 is 0 Å². The average molecular weight is 218 g/mol. The van der Waals surface area contributed by atoms with Crippen LogP contribution >= 0.6 is 0 Å². The van der Waals surface area contributed by atoms with Gasteiger partial charge in [0, 0.05) is 0 Å². The lowest BCUT2D eigenvalue weighted by atomic mass is 9.73. The number of aryl methyl sites for hydroxylation is 1. The molecule has 0 aliphatic rings. The van der Waals surface area contributed by atoms with E-state index < -0.39 is 0 Å². The SMILES string of the molecule is Cc1cccc(C(C)CC(C)(C)C(C)C)c1. The van der Waals surface area contributed by atoms with E-state index in [0.717, 1.165) is 5.92 Å². The van der Waals surface area contributed by atoms with Crippen LogP contribution < -0.4 is 0 Å². The number of benzene rings is 1. The van der Waals surface area contributed by atoms with Crippen molar-refractivity contribution in [2.24, 2.45) is 11.3 Å². The molecule has 1 aromatic carbocycles. The van der Waals surface area contributed by atoms with Crippen molar-refractivity contribution in [1.29, 1.82) is 0 Å². The zero-order valence-corrected chi connectivity index (χ0v) is 11.7. The van der Waals surface area contributed by atoms with E-state index in [1.165, 1.54) is 17.5 Å². The lowest BCUT2D eigenvalue weighted by Crippen LogP contribution is -2.21. The first-order valence-electron chi connectivity index (χ1n) is 6.39. The van der Waals surface area contributed by atoms with Gasteiger partial charge in [0.2, 0.25) is 0 Å². The molecule has 0 amide bonds. The van der Waals surface area contributed by atoms with Crippen LogP contribution in [-0.4, -0.2) is 0 Å². The Bertz CT molecular complexity index is 334. The Morgan fingerprint density at radius 2 is 1.75 bits per heavy atom. The maximum absolute atomic E-state index is 2.38. The van der Waals surface area contributed by atoms with Crippen molar-refractivity contribution in [3.05, 3.63) is 35.4 Å². The van der Waals surface area contributed by atoms with Crippen LogP contribution in [0.1, 0.15) is 58.1 Å². The summed E-state index contributed by atoms with van der Waals surface area (Å²) in [7, 11) is 0. The van der Waals surface area contributed by atoms with Crippen LogP contribution in [0, 0.1) is 18.3 Å². The van der Waals surface area contributed by atoms with Crippen LogP contribution in [0.15, 0.2) is 24.3 Å². The number of hydrogen-bond donors (Lipinski definition) is 0. The normalized spacial score (nSPS) is 14.2. The van der Waals surface area contributed by atoms with Crippen molar-refractivity contribution < 1.29 is 0 Å². The van der Waals surface area contributed by atoms with Gasteiger partial charge in [-0.2, -0.15) is 0 Å². The zero-order valence-electron chi connectivity index (χ0n) is 11.7. The third-order valence-corrected chi connectivity index (χ3v) is 4.01. The fourth-order valence-electron chi connectivity index (χ4n) is 2.12. The molecule has 0 heterocycles. The van der Waals surface area contributed by atoms with Crippen molar-refractivity contribution in [2.75, 3.05) is 0 Å². The van der Waals surface area contributed by atoms with Gasteiger partial charge < -0.3 is 0 Å². The highest BCUT2D eigenvalue weighted by Crippen LogP contribution is 2.37. The van der Waals surface area contributed by atoms with Crippen molar-refractivity contribution in [3.63, 3.8) is 0 Å². The molecule has 90 valence electrons. The summed E-state index contributed by atoms with van der Waals surface area (Å²) in [4.78, 5) is 0. The monoisotopic (exact) mass is 218 g/mol.